The molecule has 0 aliphatic heterocycles. The Kier molecular flexibility index (Phi) is 4.30. The summed E-state index contributed by atoms with van der Waals surface area (Å²) in [4.78, 5) is 8.28. The van der Waals surface area contributed by atoms with Crippen LogP contribution < -0.4 is 11.1 Å². The molecule has 5 nitrogen and oxygen atoms in total. The highest BCUT2D eigenvalue weighted by molar-refractivity contribution is 5.66. The largest absolute Gasteiger partial charge is 0.383 e. The number of methoxy groups -OCH3 is 1. The number of para-hydroxylation sites is 1. The molecule has 3 N–H and O–H groups in total. The lowest BCUT2D eigenvalue weighted by Crippen LogP contribution is -2.06. The van der Waals surface area contributed by atoms with Crippen molar-refractivity contribution in [2.24, 2.45) is 0 Å². The van der Waals surface area contributed by atoms with Gasteiger partial charge in [0.05, 0.1) is 6.61 Å². The summed E-state index contributed by atoms with van der Waals surface area (Å²) in [6.07, 6.45) is 2.25. The van der Waals surface area contributed by atoms with Crippen LogP contribution in [0.25, 0.3) is 0 Å². The van der Waals surface area contributed by atoms with Crippen molar-refractivity contribution in [1.82, 2.24) is 9.97 Å². The number of nitrogens with two attached hydrogens (primary N) is 1. The molecule has 0 bridgehead atoms. The Morgan fingerprint density at radius 2 is 2.05 bits per heavy atom. The van der Waals surface area contributed by atoms with Crippen LogP contribution in [0.5, 0.6) is 0 Å². The number of hydrogen-bond donors (Lipinski definition) is 2. The summed E-state index contributed by atoms with van der Waals surface area (Å²) >= 11 is 0. The van der Waals surface area contributed by atoms with E-state index in [0.717, 1.165) is 29.1 Å². The summed E-state index contributed by atoms with van der Waals surface area (Å²) in [6, 6.07) is 7.96. The highest BCUT2D eigenvalue weighted by Crippen LogP contribution is 2.24. The van der Waals surface area contributed by atoms with Crippen molar-refractivity contribution in [1.29, 1.82) is 0 Å². The maximum Gasteiger partial charge on any atom is 0.139 e. The minimum atomic E-state index is 0.518. The molecule has 0 amide bonds. The number of rotatable bonds is 5. The van der Waals surface area contributed by atoms with Gasteiger partial charge >= 0.3 is 0 Å². The van der Waals surface area contributed by atoms with Crippen LogP contribution in [-0.4, -0.2) is 17.1 Å². The fraction of sp³-hybridized carbons (Fsp3) is 0.286. The average molecular weight is 258 g/mol. The number of nitrogens with zero attached hydrogens (tertiary/aromatic N) is 2. The maximum absolute atomic E-state index is 5.87. The molecule has 0 radical (unpaired) electrons. The summed E-state index contributed by atoms with van der Waals surface area (Å²) in [5.74, 6) is 1.27. The van der Waals surface area contributed by atoms with Crippen molar-refractivity contribution in [3.8, 4) is 0 Å². The molecule has 0 saturated heterocycles. The topological polar surface area (TPSA) is 73.1 Å². The molecule has 1 aromatic carbocycles. The molecule has 0 atom stereocenters. The highest BCUT2D eigenvalue weighted by Gasteiger charge is 2.09. The van der Waals surface area contributed by atoms with Gasteiger partial charge in [-0.05, 0) is 12.5 Å². The van der Waals surface area contributed by atoms with Crippen molar-refractivity contribution in [2.75, 3.05) is 18.2 Å². The molecule has 0 aliphatic carbocycles. The van der Waals surface area contributed by atoms with E-state index in [4.69, 9.17) is 10.5 Å². The van der Waals surface area contributed by atoms with Gasteiger partial charge in [-0.3, -0.25) is 0 Å². The second kappa shape index (κ2) is 6.15. The minimum Gasteiger partial charge on any atom is -0.383 e. The van der Waals surface area contributed by atoms with Gasteiger partial charge in [0.2, 0.25) is 0 Å². The van der Waals surface area contributed by atoms with Gasteiger partial charge in [0.1, 0.15) is 18.0 Å². The van der Waals surface area contributed by atoms with Crippen molar-refractivity contribution in [3.63, 3.8) is 0 Å². The first-order chi connectivity index (χ1) is 9.26. The third kappa shape index (κ3) is 3.00. The standard InChI is InChI=1S/C14H18N4O/c1-3-11-13(15)16-9-17-14(11)18-12-7-5-4-6-10(12)8-19-2/h4-7,9H,3,8H2,1-2H3,(H3,15,16,17,18). The molecule has 0 fully saturated rings. The van der Waals surface area contributed by atoms with E-state index in [0.29, 0.717) is 12.4 Å². The third-order valence-corrected chi connectivity index (χ3v) is 2.90. The van der Waals surface area contributed by atoms with Gasteiger partial charge in [-0.1, -0.05) is 25.1 Å². The van der Waals surface area contributed by atoms with Gasteiger partial charge in [0.15, 0.2) is 0 Å². The molecule has 0 spiro atoms. The van der Waals surface area contributed by atoms with E-state index in [2.05, 4.69) is 15.3 Å². The molecule has 2 aromatic rings. The van der Waals surface area contributed by atoms with Crippen molar-refractivity contribution >= 4 is 17.3 Å². The zero-order valence-corrected chi connectivity index (χ0v) is 11.2. The molecule has 1 aromatic heterocycles. The molecule has 2 rings (SSSR count). The van der Waals surface area contributed by atoms with Crippen molar-refractivity contribution < 1.29 is 4.74 Å². The second-order valence-electron chi connectivity index (χ2n) is 4.15. The first-order valence-corrected chi connectivity index (χ1v) is 6.19. The smallest absolute Gasteiger partial charge is 0.139 e. The van der Waals surface area contributed by atoms with Crippen LogP contribution in [0.3, 0.4) is 0 Å². The van der Waals surface area contributed by atoms with Crippen molar-refractivity contribution in [3.05, 3.63) is 41.7 Å². The van der Waals surface area contributed by atoms with E-state index in [1.807, 2.05) is 31.2 Å². The molecule has 19 heavy (non-hydrogen) atoms. The molecule has 0 saturated carbocycles. The number of hydrogen-bond acceptors (Lipinski definition) is 5. The van der Waals surface area contributed by atoms with E-state index < -0.39 is 0 Å². The lowest BCUT2D eigenvalue weighted by Gasteiger charge is -2.14. The van der Waals surface area contributed by atoms with E-state index in [1.165, 1.54) is 6.33 Å². The Bertz CT molecular complexity index is 557. The fourth-order valence-corrected chi connectivity index (χ4v) is 1.93. The number of nitrogens with one attached hydrogen (secondary N) is 1. The van der Waals surface area contributed by atoms with E-state index in [-0.39, 0.29) is 0 Å². The Labute approximate surface area is 112 Å². The highest BCUT2D eigenvalue weighted by atomic mass is 16.5. The Morgan fingerprint density at radius 3 is 2.79 bits per heavy atom. The summed E-state index contributed by atoms with van der Waals surface area (Å²) in [5.41, 5.74) is 8.84. The summed E-state index contributed by atoms with van der Waals surface area (Å²) in [6.45, 7) is 2.58. The number of benzene rings is 1. The van der Waals surface area contributed by atoms with E-state index in [9.17, 15) is 0 Å². The van der Waals surface area contributed by atoms with Crippen LogP contribution in [-0.2, 0) is 17.8 Å². The molecule has 5 heteroatoms. The Balaban J connectivity index is 2.33. The zero-order valence-electron chi connectivity index (χ0n) is 11.2. The van der Waals surface area contributed by atoms with Crippen LogP contribution in [0.4, 0.5) is 17.3 Å². The number of nitrogen functional groups attached to an aromatic ring is 1. The molecule has 100 valence electrons. The van der Waals surface area contributed by atoms with Crippen LogP contribution in [0, 0.1) is 0 Å². The molecular weight excluding hydrogens is 240 g/mol. The molecule has 1 heterocycles. The normalized spacial score (nSPS) is 10.4. The average Bonchev–Trinajstić information content (AvgIpc) is 2.41. The van der Waals surface area contributed by atoms with E-state index in [1.54, 1.807) is 7.11 Å². The predicted octanol–water partition coefficient (Wildman–Crippen LogP) is 2.51. The summed E-state index contributed by atoms with van der Waals surface area (Å²) < 4.78 is 5.19. The number of aromatic nitrogens is 2. The van der Waals surface area contributed by atoms with Gasteiger partial charge < -0.3 is 15.8 Å². The first kappa shape index (κ1) is 13.3. The maximum atomic E-state index is 5.87. The SMILES string of the molecule is CCc1c(N)ncnc1Nc1ccccc1COC. The Morgan fingerprint density at radius 1 is 1.26 bits per heavy atom. The predicted molar refractivity (Wildman–Crippen MR) is 76.3 cm³/mol. The minimum absolute atomic E-state index is 0.518. The second-order valence-corrected chi connectivity index (χ2v) is 4.15. The van der Waals surface area contributed by atoms with Gasteiger partial charge in [-0.15, -0.1) is 0 Å². The quantitative estimate of drug-likeness (QED) is 0.862. The monoisotopic (exact) mass is 258 g/mol. The fourth-order valence-electron chi connectivity index (χ4n) is 1.93. The van der Waals surface area contributed by atoms with Gasteiger partial charge in [0.25, 0.3) is 0 Å². The Hall–Kier alpha value is -2.14. The van der Waals surface area contributed by atoms with E-state index >= 15 is 0 Å². The first-order valence-electron chi connectivity index (χ1n) is 6.19. The zero-order chi connectivity index (χ0) is 13.7. The molecule has 0 aliphatic rings. The lowest BCUT2D eigenvalue weighted by molar-refractivity contribution is 0.185. The lowest BCUT2D eigenvalue weighted by atomic mass is 10.1. The third-order valence-electron chi connectivity index (χ3n) is 2.90. The summed E-state index contributed by atoms with van der Waals surface area (Å²) in [7, 11) is 1.68. The van der Waals surface area contributed by atoms with Crippen LogP contribution >= 0.6 is 0 Å². The van der Waals surface area contributed by atoms with Gasteiger partial charge in [-0.2, -0.15) is 0 Å². The molecule has 0 unspecified atom stereocenters. The van der Waals surface area contributed by atoms with Crippen molar-refractivity contribution in [2.45, 2.75) is 20.0 Å². The molecular formula is C14H18N4O. The van der Waals surface area contributed by atoms with Crippen LogP contribution in [0.15, 0.2) is 30.6 Å². The number of ether oxygens (including phenoxy) is 1. The summed E-state index contributed by atoms with van der Waals surface area (Å²) in [5, 5.41) is 3.31. The number of anilines is 3. The van der Waals surface area contributed by atoms with Gasteiger partial charge in [0, 0.05) is 23.9 Å². The van der Waals surface area contributed by atoms with Crippen LogP contribution in [0.2, 0.25) is 0 Å². The van der Waals surface area contributed by atoms with Crippen LogP contribution in [0.1, 0.15) is 18.1 Å². The van der Waals surface area contributed by atoms with Gasteiger partial charge in [-0.25, -0.2) is 9.97 Å².